The van der Waals surface area contributed by atoms with Crippen molar-refractivity contribution >= 4 is 13.3 Å². The third-order valence-corrected chi connectivity index (χ3v) is 8.20. The largest absolute Gasteiger partial charge is 0.317 e. The van der Waals surface area contributed by atoms with Crippen LogP contribution < -0.4 is 0 Å². The van der Waals surface area contributed by atoms with E-state index in [2.05, 4.69) is 6.92 Å². The molecule has 0 spiro atoms. The molecule has 0 saturated heterocycles. The van der Waals surface area contributed by atoms with Crippen molar-refractivity contribution in [1.82, 2.24) is 0 Å². The summed E-state index contributed by atoms with van der Waals surface area (Å²) in [4.78, 5) is 13.8. The van der Waals surface area contributed by atoms with E-state index in [-0.39, 0.29) is 5.52 Å². The molecule has 0 N–H and O–H groups in total. The van der Waals surface area contributed by atoms with Gasteiger partial charge >= 0.3 is 0 Å². The van der Waals surface area contributed by atoms with Crippen molar-refractivity contribution in [2.24, 2.45) is 0 Å². The lowest BCUT2D eigenvalue weighted by molar-refractivity contribution is 0.107. The average molecular weight is 419 g/mol. The van der Waals surface area contributed by atoms with Crippen LogP contribution in [0, 0.1) is 20.8 Å². The van der Waals surface area contributed by atoms with Crippen LogP contribution in [0.5, 0.6) is 0 Å². The first-order chi connectivity index (χ1) is 14.4. The van der Waals surface area contributed by atoms with Crippen LogP contribution in [0.15, 0.2) is 72.8 Å². The third-order valence-electron chi connectivity index (χ3n) is 5.94. The van der Waals surface area contributed by atoms with Gasteiger partial charge in [0, 0.05) is 5.56 Å². The van der Waals surface area contributed by atoms with Crippen molar-refractivity contribution in [2.45, 2.75) is 52.1 Å². The maximum atomic E-state index is 14.3. The minimum atomic E-state index is -2.74. The van der Waals surface area contributed by atoms with E-state index in [1.54, 1.807) is 0 Å². The molecule has 2 nitrogen and oxygen atoms in total. The van der Waals surface area contributed by atoms with Crippen LogP contribution in [-0.2, 0) is 9.72 Å². The van der Waals surface area contributed by atoms with Crippen LogP contribution in [0.25, 0.3) is 0 Å². The Morgan fingerprint density at radius 2 is 1.30 bits per heavy atom. The second-order valence-electron chi connectivity index (χ2n) is 8.17. The van der Waals surface area contributed by atoms with Crippen molar-refractivity contribution in [2.75, 3.05) is 0 Å². The van der Waals surface area contributed by atoms with E-state index in [1.807, 2.05) is 93.6 Å². The van der Waals surface area contributed by atoms with Gasteiger partial charge in [0.05, 0.1) is 5.16 Å². The number of benzene rings is 3. The van der Waals surface area contributed by atoms with E-state index in [0.717, 1.165) is 40.7 Å². The molecule has 0 aliphatic carbocycles. The van der Waals surface area contributed by atoms with Gasteiger partial charge in [-0.3, -0.25) is 4.79 Å². The summed E-state index contributed by atoms with van der Waals surface area (Å²) in [6, 6.07) is 23.9. The zero-order chi connectivity index (χ0) is 21.7. The van der Waals surface area contributed by atoms with Gasteiger partial charge in [-0.2, -0.15) is 0 Å². The molecule has 3 heteroatoms. The smallest absolute Gasteiger partial charge is 0.220 e. The molecular formula is C27H31O2P. The maximum Gasteiger partial charge on any atom is 0.220 e. The Morgan fingerprint density at radius 1 is 0.833 bits per heavy atom. The first-order valence-electron chi connectivity index (χ1n) is 10.7. The van der Waals surface area contributed by atoms with Crippen molar-refractivity contribution in [1.29, 1.82) is 0 Å². The van der Waals surface area contributed by atoms with Crippen molar-refractivity contribution in [3.8, 4) is 0 Å². The van der Waals surface area contributed by atoms with Gasteiger partial charge in [0.15, 0.2) is 7.80 Å². The van der Waals surface area contributed by atoms with E-state index in [1.165, 1.54) is 0 Å². The molecule has 0 heterocycles. The predicted molar refractivity (Wildman–Crippen MR) is 127 cm³/mol. The van der Waals surface area contributed by atoms with Gasteiger partial charge in [-0.15, -0.1) is 0 Å². The van der Waals surface area contributed by atoms with Crippen molar-refractivity contribution in [3.05, 3.63) is 106 Å². The molecule has 0 fully saturated rings. The second-order valence-corrected chi connectivity index (χ2v) is 10.1. The lowest BCUT2D eigenvalue weighted by atomic mass is 9.86. The minimum absolute atomic E-state index is 0.209. The highest BCUT2D eigenvalue weighted by Gasteiger charge is 2.43. The molecule has 0 aromatic heterocycles. The highest BCUT2D eigenvalue weighted by Crippen LogP contribution is 2.57. The Morgan fingerprint density at radius 3 is 1.73 bits per heavy atom. The summed E-state index contributed by atoms with van der Waals surface area (Å²) >= 11 is 0. The Kier molecular flexibility index (Phi) is 7.10. The van der Waals surface area contributed by atoms with E-state index >= 15 is 0 Å². The summed E-state index contributed by atoms with van der Waals surface area (Å²) in [7, 11) is -2.74. The number of unbranched alkanes of at least 4 members (excludes halogenated alkanes) is 1. The van der Waals surface area contributed by atoms with Crippen molar-refractivity contribution in [3.63, 3.8) is 0 Å². The quantitative estimate of drug-likeness (QED) is 0.356. The lowest BCUT2D eigenvalue weighted by Crippen LogP contribution is -2.26. The summed E-state index contributed by atoms with van der Waals surface area (Å²) in [5, 5.41) is -0.802. The number of aryl methyl sites for hydroxylation is 3. The monoisotopic (exact) mass is 418 g/mol. The van der Waals surface area contributed by atoms with E-state index in [4.69, 9.17) is 0 Å². The molecule has 0 aliphatic heterocycles. The molecule has 156 valence electrons. The lowest BCUT2D eigenvalue weighted by Gasteiger charge is -2.34. The van der Waals surface area contributed by atoms with E-state index in [0.29, 0.717) is 12.0 Å². The summed E-state index contributed by atoms with van der Waals surface area (Å²) in [5.41, 5.74) is 5.26. The molecule has 3 aromatic rings. The molecule has 1 atom stereocenters. The van der Waals surface area contributed by atoms with Gasteiger partial charge in [-0.1, -0.05) is 98.1 Å². The molecule has 0 amide bonds. The number of carbonyl (C=O) groups excluding carboxylic acids is 1. The number of hydrogen-bond donors (Lipinski definition) is 0. The Hall–Kier alpha value is -2.44. The first kappa shape index (κ1) is 22.2. The van der Waals surface area contributed by atoms with Crippen LogP contribution >= 0.6 is 7.80 Å². The van der Waals surface area contributed by atoms with E-state index < -0.39 is 13.0 Å². The third kappa shape index (κ3) is 4.20. The molecule has 0 aliphatic rings. The maximum absolute atomic E-state index is 14.3. The van der Waals surface area contributed by atoms with Crippen LogP contribution in [0.1, 0.15) is 64.4 Å². The molecule has 30 heavy (non-hydrogen) atoms. The van der Waals surface area contributed by atoms with Crippen LogP contribution in [0.3, 0.4) is 0 Å². The fraction of sp³-hybridized carbons (Fsp3) is 0.296. The number of hydrogen-bond acceptors (Lipinski definition) is 2. The molecule has 0 radical (unpaired) electrons. The number of rotatable bonds is 8. The normalized spacial score (nSPS) is 12.5. The van der Waals surface area contributed by atoms with Gasteiger partial charge < -0.3 is 4.57 Å². The second kappa shape index (κ2) is 9.58. The van der Waals surface area contributed by atoms with Gasteiger partial charge in [0.25, 0.3) is 0 Å². The summed E-state index contributed by atoms with van der Waals surface area (Å²) < 4.78 is 14.3. The van der Waals surface area contributed by atoms with Crippen molar-refractivity contribution < 1.29 is 9.36 Å². The van der Waals surface area contributed by atoms with Crippen LogP contribution in [0.4, 0.5) is 0 Å². The topological polar surface area (TPSA) is 34.1 Å². The molecule has 0 bridgehead atoms. The Balaban J connectivity index is 2.24. The summed E-state index contributed by atoms with van der Waals surface area (Å²) in [5.74, 6) is 0. The SMILES string of the molecule is CCCCC(c1ccccc1)(c1ccccc1)[PH](=O)C(=O)c1c(C)cc(C)cc1C. The molecular weight excluding hydrogens is 387 g/mol. The fourth-order valence-corrected chi connectivity index (χ4v) is 6.83. The Labute approximate surface area is 181 Å². The van der Waals surface area contributed by atoms with Gasteiger partial charge in [0.2, 0.25) is 5.52 Å². The fourth-order valence-electron chi connectivity index (χ4n) is 4.56. The first-order valence-corrected chi connectivity index (χ1v) is 12.1. The van der Waals surface area contributed by atoms with Gasteiger partial charge in [-0.25, -0.2) is 0 Å². The zero-order valence-electron chi connectivity index (χ0n) is 18.4. The van der Waals surface area contributed by atoms with E-state index in [9.17, 15) is 9.36 Å². The predicted octanol–water partition coefficient (Wildman–Crippen LogP) is 7.45. The van der Waals surface area contributed by atoms with Crippen LogP contribution in [0.2, 0.25) is 0 Å². The number of carbonyl (C=O) groups is 1. The standard InChI is InChI=1S/C27H31O2P/c1-5-6-17-27(23-13-9-7-10-14-23,24-15-11-8-12-16-24)30(29)26(28)25-21(3)18-20(2)19-22(25)4/h7-16,18-19,30H,5-6,17H2,1-4H3. The van der Waals surface area contributed by atoms with Gasteiger partial charge in [0.1, 0.15) is 0 Å². The molecule has 3 aromatic carbocycles. The highest BCUT2D eigenvalue weighted by molar-refractivity contribution is 7.65. The highest BCUT2D eigenvalue weighted by atomic mass is 31.1. The zero-order valence-corrected chi connectivity index (χ0v) is 19.4. The Bertz CT molecular complexity index is 976. The summed E-state index contributed by atoms with van der Waals surface area (Å²) in [6.45, 7) is 8.05. The van der Waals surface area contributed by atoms with Gasteiger partial charge in [-0.05, 0) is 49.4 Å². The summed E-state index contributed by atoms with van der Waals surface area (Å²) in [6.07, 6.45) is 2.57. The molecule has 1 unspecified atom stereocenters. The minimum Gasteiger partial charge on any atom is -0.317 e. The van der Waals surface area contributed by atoms with Crippen LogP contribution in [-0.4, -0.2) is 5.52 Å². The average Bonchev–Trinajstić information content (AvgIpc) is 2.75. The molecule has 3 rings (SSSR count). The molecule has 0 saturated carbocycles.